The minimum absolute atomic E-state index is 0.0531. The molecule has 1 aromatic rings. The molecular weight excluding hydrogens is 344 g/mol. The molecule has 0 saturated carbocycles. The van der Waals surface area contributed by atoms with Crippen molar-refractivity contribution in [3.8, 4) is 0 Å². The van der Waals surface area contributed by atoms with E-state index >= 15 is 0 Å². The maximum atomic E-state index is 12.5. The van der Waals surface area contributed by atoms with Gasteiger partial charge < -0.3 is 9.64 Å². The maximum Gasteiger partial charge on any atom is 0.233 e. The first-order valence-corrected chi connectivity index (χ1v) is 9.50. The Kier molecular flexibility index (Phi) is 7.13. The molecule has 1 aliphatic heterocycles. The number of amides is 3. The lowest BCUT2D eigenvalue weighted by molar-refractivity contribution is -0.141. The largest absolute Gasteiger partial charge is 0.364 e. The summed E-state index contributed by atoms with van der Waals surface area (Å²) in [6, 6.07) is 7.67. The Hall–Kier alpha value is -2.21. The Labute approximate surface area is 161 Å². The molecule has 0 aliphatic carbocycles. The second kappa shape index (κ2) is 9.13. The zero-order valence-electron chi connectivity index (χ0n) is 16.9. The SMILES string of the molecule is CCC(C)C(=O)N(COC)Cc1cccc(CN2C(=O)C(C)C(C)C2=O)c1. The Morgan fingerprint density at radius 3 is 2.33 bits per heavy atom. The zero-order valence-corrected chi connectivity index (χ0v) is 16.9. The normalized spacial score (nSPS) is 20.9. The van der Waals surface area contributed by atoms with Crippen molar-refractivity contribution in [1.82, 2.24) is 9.80 Å². The molecule has 3 atom stereocenters. The number of carbonyl (C=O) groups is 3. The summed E-state index contributed by atoms with van der Waals surface area (Å²) in [5.74, 6) is -0.794. The Bertz CT molecular complexity index is 683. The third-order valence-corrected chi connectivity index (χ3v) is 5.40. The van der Waals surface area contributed by atoms with E-state index in [2.05, 4.69) is 0 Å². The lowest BCUT2D eigenvalue weighted by Crippen LogP contribution is -2.36. The highest BCUT2D eigenvalue weighted by Crippen LogP contribution is 2.27. The smallest absolute Gasteiger partial charge is 0.233 e. The van der Waals surface area contributed by atoms with Gasteiger partial charge in [-0.3, -0.25) is 19.3 Å². The predicted octanol–water partition coefficient (Wildman–Crippen LogP) is 2.81. The molecule has 3 unspecified atom stereocenters. The monoisotopic (exact) mass is 374 g/mol. The highest BCUT2D eigenvalue weighted by Gasteiger charge is 2.41. The van der Waals surface area contributed by atoms with E-state index in [1.165, 1.54) is 4.90 Å². The molecule has 148 valence electrons. The van der Waals surface area contributed by atoms with Gasteiger partial charge in [0.2, 0.25) is 17.7 Å². The fourth-order valence-electron chi connectivity index (χ4n) is 3.24. The predicted molar refractivity (Wildman–Crippen MR) is 102 cm³/mol. The van der Waals surface area contributed by atoms with Gasteiger partial charge in [0.25, 0.3) is 0 Å². The standard InChI is InChI=1S/C21H30N2O4/c1-6-14(2)19(24)22(13-27-5)11-17-8-7-9-18(10-17)12-23-20(25)15(3)16(4)21(23)26/h7-10,14-16H,6,11-13H2,1-5H3. The summed E-state index contributed by atoms with van der Waals surface area (Å²) in [5, 5.41) is 0. The first-order chi connectivity index (χ1) is 12.8. The average Bonchev–Trinajstić information content (AvgIpc) is 2.84. The summed E-state index contributed by atoms with van der Waals surface area (Å²) in [7, 11) is 1.57. The quantitative estimate of drug-likeness (QED) is 0.518. The summed E-state index contributed by atoms with van der Waals surface area (Å²) in [4.78, 5) is 40.2. The van der Waals surface area contributed by atoms with Crippen LogP contribution in [0, 0.1) is 17.8 Å². The molecule has 27 heavy (non-hydrogen) atoms. The van der Waals surface area contributed by atoms with Crippen LogP contribution in [0.2, 0.25) is 0 Å². The summed E-state index contributed by atoms with van der Waals surface area (Å²) >= 11 is 0. The molecule has 0 aromatic heterocycles. The number of methoxy groups -OCH3 is 1. The molecule has 1 heterocycles. The van der Waals surface area contributed by atoms with Crippen LogP contribution in [0.3, 0.4) is 0 Å². The number of ether oxygens (including phenoxy) is 1. The van der Waals surface area contributed by atoms with Crippen LogP contribution in [0.15, 0.2) is 24.3 Å². The Balaban J connectivity index is 2.13. The van der Waals surface area contributed by atoms with Crippen molar-refractivity contribution < 1.29 is 19.1 Å². The van der Waals surface area contributed by atoms with E-state index in [1.54, 1.807) is 25.9 Å². The Morgan fingerprint density at radius 1 is 1.19 bits per heavy atom. The summed E-state index contributed by atoms with van der Waals surface area (Å²) in [6.07, 6.45) is 0.772. The molecule has 0 spiro atoms. The van der Waals surface area contributed by atoms with E-state index in [0.717, 1.165) is 17.5 Å². The summed E-state index contributed by atoms with van der Waals surface area (Å²) in [5.41, 5.74) is 1.82. The van der Waals surface area contributed by atoms with E-state index in [1.807, 2.05) is 38.1 Å². The molecule has 1 aromatic carbocycles. The molecule has 3 amide bonds. The van der Waals surface area contributed by atoms with Gasteiger partial charge in [0, 0.05) is 31.4 Å². The van der Waals surface area contributed by atoms with Crippen molar-refractivity contribution >= 4 is 17.7 Å². The number of likely N-dealkylation sites (tertiary alicyclic amines) is 1. The molecule has 0 N–H and O–H groups in total. The number of hydrogen-bond acceptors (Lipinski definition) is 4. The van der Waals surface area contributed by atoms with Crippen molar-refractivity contribution in [3.63, 3.8) is 0 Å². The number of hydrogen-bond donors (Lipinski definition) is 0. The Morgan fingerprint density at radius 2 is 1.78 bits per heavy atom. The van der Waals surface area contributed by atoms with Gasteiger partial charge in [-0.05, 0) is 17.5 Å². The summed E-state index contributed by atoms with van der Waals surface area (Å²) < 4.78 is 5.19. The zero-order chi connectivity index (χ0) is 20.1. The van der Waals surface area contributed by atoms with Crippen molar-refractivity contribution in [2.75, 3.05) is 13.8 Å². The minimum Gasteiger partial charge on any atom is -0.364 e. The van der Waals surface area contributed by atoms with E-state index in [0.29, 0.717) is 6.54 Å². The van der Waals surface area contributed by atoms with Crippen molar-refractivity contribution in [3.05, 3.63) is 35.4 Å². The van der Waals surface area contributed by atoms with Crippen LogP contribution in [-0.2, 0) is 32.2 Å². The molecule has 1 fully saturated rings. The number of benzene rings is 1. The van der Waals surface area contributed by atoms with E-state index in [-0.39, 0.29) is 48.8 Å². The van der Waals surface area contributed by atoms with Gasteiger partial charge in [-0.1, -0.05) is 52.0 Å². The highest BCUT2D eigenvalue weighted by molar-refractivity contribution is 6.04. The minimum atomic E-state index is -0.272. The third-order valence-electron chi connectivity index (χ3n) is 5.40. The third kappa shape index (κ3) is 4.75. The molecule has 1 aliphatic rings. The fraction of sp³-hybridized carbons (Fsp3) is 0.571. The number of carbonyl (C=O) groups excluding carboxylic acids is 3. The van der Waals surface area contributed by atoms with E-state index in [9.17, 15) is 14.4 Å². The van der Waals surface area contributed by atoms with Crippen molar-refractivity contribution in [2.24, 2.45) is 17.8 Å². The lowest BCUT2D eigenvalue weighted by atomic mass is 10.00. The summed E-state index contributed by atoms with van der Waals surface area (Å²) in [6.45, 7) is 8.42. The fourth-order valence-corrected chi connectivity index (χ4v) is 3.24. The average molecular weight is 374 g/mol. The molecule has 2 rings (SSSR count). The van der Waals surface area contributed by atoms with Crippen LogP contribution < -0.4 is 0 Å². The van der Waals surface area contributed by atoms with Crippen LogP contribution in [0.25, 0.3) is 0 Å². The second-order valence-corrected chi connectivity index (χ2v) is 7.42. The molecule has 6 heteroatoms. The molecular formula is C21H30N2O4. The van der Waals surface area contributed by atoms with Crippen LogP contribution in [0.5, 0.6) is 0 Å². The first kappa shape index (κ1) is 21.1. The second-order valence-electron chi connectivity index (χ2n) is 7.42. The van der Waals surface area contributed by atoms with Gasteiger partial charge in [-0.25, -0.2) is 0 Å². The maximum absolute atomic E-state index is 12.5. The topological polar surface area (TPSA) is 66.9 Å². The van der Waals surface area contributed by atoms with Gasteiger partial charge in [0.15, 0.2) is 0 Å². The highest BCUT2D eigenvalue weighted by atomic mass is 16.5. The van der Waals surface area contributed by atoms with Gasteiger partial charge in [-0.15, -0.1) is 0 Å². The number of nitrogens with zero attached hydrogens (tertiary/aromatic N) is 2. The molecule has 0 bridgehead atoms. The van der Waals surface area contributed by atoms with E-state index < -0.39 is 0 Å². The van der Waals surface area contributed by atoms with Crippen LogP contribution in [-0.4, -0.2) is 41.4 Å². The lowest BCUT2D eigenvalue weighted by Gasteiger charge is -2.25. The van der Waals surface area contributed by atoms with Crippen LogP contribution in [0.1, 0.15) is 45.2 Å². The first-order valence-electron chi connectivity index (χ1n) is 9.50. The van der Waals surface area contributed by atoms with Crippen LogP contribution in [0.4, 0.5) is 0 Å². The van der Waals surface area contributed by atoms with Gasteiger partial charge in [0.05, 0.1) is 6.54 Å². The van der Waals surface area contributed by atoms with Crippen molar-refractivity contribution in [2.45, 2.75) is 47.2 Å². The van der Waals surface area contributed by atoms with E-state index in [4.69, 9.17) is 4.74 Å². The van der Waals surface area contributed by atoms with Gasteiger partial charge in [0.1, 0.15) is 6.73 Å². The van der Waals surface area contributed by atoms with Gasteiger partial charge >= 0.3 is 0 Å². The van der Waals surface area contributed by atoms with Gasteiger partial charge in [-0.2, -0.15) is 0 Å². The molecule has 0 radical (unpaired) electrons. The molecule has 6 nitrogen and oxygen atoms in total. The number of imide groups is 1. The number of rotatable bonds is 8. The van der Waals surface area contributed by atoms with Crippen molar-refractivity contribution in [1.29, 1.82) is 0 Å². The molecule has 1 saturated heterocycles. The van der Waals surface area contributed by atoms with Crippen LogP contribution >= 0.6 is 0 Å².